The summed E-state index contributed by atoms with van der Waals surface area (Å²) in [5.74, 6) is 0. The summed E-state index contributed by atoms with van der Waals surface area (Å²) >= 11 is 0. The second-order valence-electron chi connectivity index (χ2n) is 6.81. The molecule has 0 aliphatic carbocycles. The summed E-state index contributed by atoms with van der Waals surface area (Å²) in [5.41, 5.74) is 9.73. The molecular weight excluding hydrogens is 340 g/mol. The number of aromatic nitrogens is 1. The van der Waals surface area contributed by atoms with Crippen molar-refractivity contribution < 1.29 is 0 Å². The second-order valence-corrected chi connectivity index (χ2v) is 6.81. The lowest BCUT2D eigenvalue weighted by atomic mass is 9.98. The fraction of sp³-hybridized carbons (Fsp3) is 0.154. The Balaban J connectivity index is 0.000000932. The Kier molecular flexibility index (Phi) is 5.03. The summed E-state index contributed by atoms with van der Waals surface area (Å²) in [5, 5.41) is 4.75. The second kappa shape index (κ2) is 7.77. The summed E-state index contributed by atoms with van der Waals surface area (Å²) in [6.07, 6.45) is 0.992. The normalized spacial score (nSPS) is 12.7. The Morgan fingerprint density at radius 3 is 2.18 bits per heavy atom. The van der Waals surface area contributed by atoms with Gasteiger partial charge in [-0.2, -0.15) is 0 Å². The maximum absolute atomic E-state index is 4.20. The lowest BCUT2D eigenvalue weighted by Gasteiger charge is -2.07. The van der Waals surface area contributed by atoms with Crippen LogP contribution in [0.5, 0.6) is 0 Å². The van der Waals surface area contributed by atoms with Gasteiger partial charge in [-0.05, 0) is 34.7 Å². The topological polar surface area (TPSA) is 27.8 Å². The first-order chi connectivity index (χ1) is 13.8. The molecule has 0 saturated heterocycles. The van der Waals surface area contributed by atoms with Crippen LogP contribution in [0.4, 0.5) is 0 Å². The highest BCUT2D eigenvalue weighted by molar-refractivity contribution is 5.99. The van der Waals surface area contributed by atoms with Crippen molar-refractivity contribution in [1.82, 2.24) is 10.3 Å². The molecule has 1 aliphatic rings. The molecule has 1 aromatic heterocycles. The quantitative estimate of drug-likeness (QED) is 0.409. The van der Waals surface area contributed by atoms with E-state index in [4.69, 9.17) is 0 Å². The van der Waals surface area contributed by atoms with E-state index in [-0.39, 0.29) is 0 Å². The molecule has 0 amide bonds. The van der Waals surface area contributed by atoms with Gasteiger partial charge in [-0.15, -0.1) is 0 Å². The minimum atomic E-state index is 0.912. The van der Waals surface area contributed by atoms with Gasteiger partial charge in [0.05, 0.1) is 0 Å². The smallest absolute Gasteiger partial charge is 0.0498 e. The van der Waals surface area contributed by atoms with E-state index in [0.717, 1.165) is 18.7 Å². The summed E-state index contributed by atoms with van der Waals surface area (Å²) in [7, 11) is 0. The monoisotopic (exact) mass is 366 g/mol. The maximum atomic E-state index is 4.20. The molecule has 2 heteroatoms. The van der Waals surface area contributed by atoms with Crippen LogP contribution in [0.15, 0.2) is 79.4 Å². The molecule has 5 rings (SSSR count). The van der Waals surface area contributed by atoms with Crippen molar-refractivity contribution in [3.8, 4) is 22.4 Å². The maximum Gasteiger partial charge on any atom is 0.0498 e. The number of rotatable bonds is 2. The van der Waals surface area contributed by atoms with E-state index >= 15 is 0 Å². The Morgan fingerprint density at radius 2 is 1.43 bits per heavy atom. The molecule has 0 spiro atoms. The minimum Gasteiger partial charge on any atom is -0.385 e. The predicted molar refractivity (Wildman–Crippen MR) is 121 cm³/mol. The van der Waals surface area contributed by atoms with Crippen LogP contribution in [-0.2, 0) is 6.42 Å². The van der Waals surface area contributed by atoms with E-state index in [1.807, 2.05) is 13.8 Å². The summed E-state index contributed by atoms with van der Waals surface area (Å²) in [6, 6.07) is 25.8. The van der Waals surface area contributed by atoms with Crippen LogP contribution in [0.1, 0.15) is 25.0 Å². The third kappa shape index (κ3) is 3.11. The summed E-state index contributed by atoms with van der Waals surface area (Å²) < 4.78 is 0. The SMILES string of the molecule is C=C1NCCc2c(-c3ccc(-c4ccccc4)cc3)[nH]c3cccc1c23.CC. The fourth-order valence-electron chi connectivity index (χ4n) is 3.96. The van der Waals surface area contributed by atoms with Crippen molar-refractivity contribution in [3.63, 3.8) is 0 Å². The molecule has 2 nitrogen and oxygen atoms in total. The zero-order valence-electron chi connectivity index (χ0n) is 16.5. The molecule has 0 saturated carbocycles. The number of hydrogen-bond donors (Lipinski definition) is 2. The van der Waals surface area contributed by atoms with E-state index in [2.05, 4.69) is 89.7 Å². The molecular formula is C26H26N2. The lowest BCUT2D eigenvalue weighted by Crippen LogP contribution is -2.12. The molecule has 0 radical (unpaired) electrons. The van der Waals surface area contributed by atoms with Crippen LogP contribution in [0, 0.1) is 0 Å². The highest BCUT2D eigenvalue weighted by Crippen LogP contribution is 2.36. The Bertz CT molecular complexity index is 1100. The summed E-state index contributed by atoms with van der Waals surface area (Å²) in [6.45, 7) is 9.11. The zero-order valence-corrected chi connectivity index (χ0v) is 16.5. The Labute approximate surface area is 166 Å². The summed E-state index contributed by atoms with van der Waals surface area (Å²) in [4.78, 5) is 3.65. The number of benzene rings is 3. The molecule has 0 atom stereocenters. The van der Waals surface area contributed by atoms with Gasteiger partial charge in [0.2, 0.25) is 0 Å². The molecule has 140 valence electrons. The first-order valence-electron chi connectivity index (χ1n) is 10.0. The van der Waals surface area contributed by atoms with Crippen molar-refractivity contribution in [3.05, 3.63) is 90.5 Å². The number of H-pyrrole nitrogens is 1. The van der Waals surface area contributed by atoms with Crippen LogP contribution in [-0.4, -0.2) is 11.5 Å². The van der Waals surface area contributed by atoms with Gasteiger partial charge in [0.1, 0.15) is 0 Å². The Morgan fingerprint density at radius 1 is 0.750 bits per heavy atom. The molecule has 0 bridgehead atoms. The third-order valence-corrected chi connectivity index (χ3v) is 5.25. The van der Waals surface area contributed by atoms with Crippen molar-refractivity contribution in [2.45, 2.75) is 20.3 Å². The molecule has 0 fully saturated rings. The van der Waals surface area contributed by atoms with E-state index in [1.54, 1.807) is 0 Å². The van der Waals surface area contributed by atoms with Gasteiger partial charge in [-0.3, -0.25) is 0 Å². The number of nitrogens with one attached hydrogen (secondary N) is 2. The van der Waals surface area contributed by atoms with Gasteiger partial charge < -0.3 is 10.3 Å². The van der Waals surface area contributed by atoms with Crippen molar-refractivity contribution in [2.24, 2.45) is 0 Å². The van der Waals surface area contributed by atoms with Crippen LogP contribution >= 0.6 is 0 Å². The van der Waals surface area contributed by atoms with Gasteiger partial charge in [-0.25, -0.2) is 0 Å². The first-order valence-corrected chi connectivity index (χ1v) is 10.0. The van der Waals surface area contributed by atoms with Crippen LogP contribution in [0.3, 0.4) is 0 Å². The fourth-order valence-corrected chi connectivity index (χ4v) is 3.96. The van der Waals surface area contributed by atoms with Gasteiger partial charge in [-0.1, -0.05) is 87.2 Å². The van der Waals surface area contributed by atoms with Crippen LogP contribution < -0.4 is 5.32 Å². The molecule has 1 aliphatic heterocycles. The van der Waals surface area contributed by atoms with Crippen molar-refractivity contribution >= 4 is 16.6 Å². The molecule has 4 aromatic rings. The van der Waals surface area contributed by atoms with Gasteiger partial charge in [0.15, 0.2) is 0 Å². The molecule has 2 N–H and O–H groups in total. The standard InChI is InChI=1S/C24H20N2.C2H6/c1-16-20-8-5-9-22-23(20)21(14-15-25-16)24(26-22)19-12-10-18(11-13-19)17-6-3-2-4-7-17;1-2/h2-13,25-26H,1,14-15H2;1-2H3. The first kappa shape index (κ1) is 18.1. The highest BCUT2D eigenvalue weighted by atomic mass is 14.9. The van der Waals surface area contributed by atoms with E-state index in [1.165, 1.54) is 44.4 Å². The molecule has 3 aromatic carbocycles. The number of hydrogen-bond acceptors (Lipinski definition) is 1. The molecule has 28 heavy (non-hydrogen) atoms. The highest BCUT2D eigenvalue weighted by Gasteiger charge is 2.19. The minimum absolute atomic E-state index is 0.912. The van der Waals surface area contributed by atoms with Crippen LogP contribution in [0.25, 0.3) is 39.0 Å². The van der Waals surface area contributed by atoms with Crippen LogP contribution in [0.2, 0.25) is 0 Å². The van der Waals surface area contributed by atoms with E-state index in [9.17, 15) is 0 Å². The average Bonchev–Trinajstić information content (AvgIpc) is 3.05. The van der Waals surface area contributed by atoms with E-state index in [0.29, 0.717) is 0 Å². The Hall–Kier alpha value is -3.26. The molecule has 2 heterocycles. The third-order valence-electron chi connectivity index (χ3n) is 5.25. The van der Waals surface area contributed by atoms with E-state index < -0.39 is 0 Å². The van der Waals surface area contributed by atoms with Crippen molar-refractivity contribution in [2.75, 3.05) is 6.54 Å². The predicted octanol–water partition coefficient (Wildman–Crippen LogP) is 6.64. The largest absolute Gasteiger partial charge is 0.385 e. The van der Waals surface area contributed by atoms with Crippen molar-refractivity contribution in [1.29, 1.82) is 0 Å². The van der Waals surface area contributed by atoms with Gasteiger partial charge >= 0.3 is 0 Å². The average molecular weight is 367 g/mol. The van der Waals surface area contributed by atoms with Gasteiger partial charge in [0.25, 0.3) is 0 Å². The lowest BCUT2D eigenvalue weighted by molar-refractivity contribution is 0.863. The zero-order chi connectivity index (χ0) is 19.5. The molecule has 0 unspecified atom stereocenters. The van der Waals surface area contributed by atoms with Gasteiger partial charge in [0, 0.05) is 34.4 Å². The number of aromatic amines is 1.